The van der Waals surface area contributed by atoms with Crippen molar-refractivity contribution in [2.45, 2.75) is 76.4 Å². The Morgan fingerprint density at radius 2 is 0.782 bits per heavy atom. The molecule has 6 saturated heterocycles. The molecule has 3 aromatic carbocycles. The number of nitrogens with zero attached hydrogens (tertiary/aromatic N) is 15. The fourth-order valence-corrected chi connectivity index (χ4v) is 19.8. The molecular formula is C100H114Cl6N18O18. The van der Waals surface area contributed by atoms with Crippen LogP contribution in [0.2, 0.25) is 30.1 Å². The van der Waals surface area contributed by atoms with E-state index >= 15 is 0 Å². The smallest absolute Gasteiger partial charge is 0.298 e. The van der Waals surface area contributed by atoms with Crippen molar-refractivity contribution in [1.29, 1.82) is 0 Å². The van der Waals surface area contributed by atoms with Crippen LogP contribution >= 0.6 is 69.6 Å². The Kier molecular flexibility index (Phi) is 36.8. The lowest BCUT2D eigenvalue weighted by Crippen LogP contribution is -2.55. The van der Waals surface area contributed by atoms with Crippen LogP contribution in [0.4, 0.5) is 17.8 Å². The number of likely N-dealkylation sites (N-methyl/N-ethyl adjacent to an activating group) is 3. The number of fused-ring (bicyclic) bond motifs is 3. The lowest BCUT2D eigenvalue weighted by molar-refractivity contribution is -0.132. The van der Waals surface area contributed by atoms with E-state index in [0.29, 0.717) is 173 Å². The summed E-state index contributed by atoms with van der Waals surface area (Å²) in [6, 6.07) is 8.75. The summed E-state index contributed by atoms with van der Waals surface area (Å²) in [4.78, 5) is 157. The first-order valence-electron chi connectivity index (χ1n) is 45.8. The summed E-state index contributed by atoms with van der Waals surface area (Å²) in [6.07, 6.45) is 17.2. The molecule has 3 amide bonds. The third kappa shape index (κ3) is 24.9. The second kappa shape index (κ2) is 48.8. The van der Waals surface area contributed by atoms with Crippen molar-refractivity contribution in [2.24, 2.45) is 29.6 Å². The summed E-state index contributed by atoms with van der Waals surface area (Å²) in [5, 5.41) is 12.5. The number of methoxy groups -OCH3 is 6. The average Bonchev–Trinajstić information content (AvgIpc) is 0.829. The van der Waals surface area contributed by atoms with E-state index in [1.807, 2.05) is 57.2 Å². The van der Waals surface area contributed by atoms with Crippen LogP contribution in [0.3, 0.4) is 0 Å². The van der Waals surface area contributed by atoms with Gasteiger partial charge in [0.15, 0.2) is 17.3 Å². The number of ketones is 3. The first-order valence-corrected chi connectivity index (χ1v) is 48.1. The molecular weight excluding hydrogens is 1950 g/mol. The van der Waals surface area contributed by atoms with Crippen molar-refractivity contribution in [3.8, 4) is 79.7 Å². The predicted octanol–water partition coefficient (Wildman–Crippen LogP) is 11.8. The minimum absolute atomic E-state index is 0.00737. The number of carbonyl (C=O) groups is 6. The molecule has 15 rings (SSSR count). The summed E-state index contributed by atoms with van der Waals surface area (Å²) in [5.41, 5.74) is 1.42. The van der Waals surface area contributed by atoms with E-state index < -0.39 is 5.56 Å². The molecule has 6 aliphatic heterocycles. The molecule has 3 N–H and O–H groups in total. The fourth-order valence-electron chi connectivity index (χ4n) is 17.7. The van der Waals surface area contributed by atoms with E-state index in [4.69, 9.17) is 127 Å². The van der Waals surface area contributed by atoms with Crippen LogP contribution in [0.1, 0.15) is 32.6 Å². The molecule has 0 bridgehead atoms. The highest BCUT2D eigenvalue weighted by Gasteiger charge is 2.39. The van der Waals surface area contributed by atoms with E-state index in [1.54, 1.807) is 102 Å². The first-order chi connectivity index (χ1) is 68.2. The number of aromatic nitrogens is 9. The normalized spacial score (nSPS) is 19.1. The van der Waals surface area contributed by atoms with Crippen LogP contribution in [-0.2, 0) is 62.6 Å². The molecule has 9 aromatic rings. The lowest BCUT2D eigenvalue weighted by atomic mass is 9.97. The number of pyridine rings is 3. The highest BCUT2D eigenvalue weighted by atomic mass is 35.5. The summed E-state index contributed by atoms with van der Waals surface area (Å²) < 4.78 is 54.4. The predicted molar refractivity (Wildman–Crippen MR) is 548 cm³/mol. The lowest BCUT2D eigenvalue weighted by Gasteiger charge is -2.39. The summed E-state index contributed by atoms with van der Waals surface area (Å²) in [7, 11) is 18.5. The van der Waals surface area contributed by atoms with Crippen LogP contribution in [0, 0.1) is 41.4 Å². The Labute approximate surface area is 851 Å². The largest absolute Gasteiger partial charge is 0.495 e. The van der Waals surface area contributed by atoms with Gasteiger partial charge in [0.25, 0.3) is 22.6 Å². The Morgan fingerprint density at radius 1 is 0.451 bits per heavy atom. The first kappa shape index (κ1) is 107. The highest BCUT2D eigenvalue weighted by molar-refractivity contribution is 6.43. The number of benzene rings is 3. The van der Waals surface area contributed by atoms with Gasteiger partial charge in [-0.2, -0.15) is 15.0 Å². The number of amides is 3. The molecule has 6 aromatic heterocycles. The number of hydrogen-bond acceptors (Lipinski definition) is 30. The second-order valence-electron chi connectivity index (χ2n) is 35.6. The number of likely N-dealkylation sites (tertiary alicyclic amines) is 2. The van der Waals surface area contributed by atoms with E-state index in [0.717, 1.165) is 0 Å². The minimum Gasteiger partial charge on any atom is -0.495 e. The van der Waals surface area contributed by atoms with Gasteiger partial charge < -0.3 is 83.1 Å². The zero-order chi connectivity index (χ0) is 102. The Hall–Kier alpha value is -12.1. The Bertz CT molecular complexity index is 6550. The molecule has 142 heavy (non-hydrogen) atoms. The van der Waals surface area contributed by atoms with Crippen molar-refractivity contribution in [3.63, 3.8) is 0 Å². The molecule has 754 valence electrons. The average molecular weight is 2070 g/mol. The Balaban J connectivity index is 0.000000179. The number of allylic oxidation sites excluding steroid dienone is 3. The third-order valence-electron chi connectivity index (χ3n) is 25.5. The molecule has 12 heterocycles. The summed E-state index contributed by atoms with van der Waals surface area (Å²) >= 11 is 40.6. The monoisotopic (exact) mass is 2060 g/mol. The molecule has 2 unspecified atom stereocenters. The fraction of sp³-hybridized carbons (Fsp3) is 0.430. The molecule has 42 heteroatoms. The molecule has 0 spiro atoms. The third-order valence-corrected chi connectivity index (χ3v) is 27.8. The van der Waals surface area contributed by atoms with Crippen molar-refractivity contribution >= 4 is 156 Å². The quantitative estimate of drug-likeness (QED) is 0.0242. The topological polar surface area (TPSA) is 384 Å². The molecule has 0 aliphatic carbocycles. The van der Waals surface area contributed by atoms with Crippen LogP contribution in [0.25, 0.3) is 66.5 Å². The zero-order valence-electron chi connectivity index (χ0n) is 80.9. The van der Waals surface area contributed by atoms with Crippen molar-refractivity contribution in [1.82, 2.24) is 73.0 Å². The molecule has 6 fully saturated rings. The van der Waals surface area contributed by atoms with E-state index in [1.165, 1.54) is 60.9 Å². The number of ether oxygens (including phenoxy) is 9. The standard InChI is InChI=1S/C34H40Cl2N6O6.C33H38Cl2N6O6.C33H36Cl2N6O6/c1-6-23(43)12-22-18-48-19-25(22)38-34-37-15-21-13-24(29-30(35)26(46-4)14-27(47-5)31(29)36)33(45)42(32(21)39-34)17-20-9-11-41(16-20)28(44)8-7-10-40(2)3;1-6-22(42)10-21-17-47-18-24(21)37-33-36-13-20-11-23(28-29(34)25(45-4)12-26(46-5)30(28)35)32(44)41(31(20)38-33)16-19-14-40(15-19)27(43)8-7-9-39(2)3;1-6-8-27(43)40-10-9-39(3)21(15-40)16-41-31-19(14-36-33(38-31)37-24-18-47-17-20(24)11-22(42)7-2)12-23(32(41)44)28-29(34)25(45-4)13-26(46-5)30(28)35/h6-8,13-15,20,22,25H,1,9-12,16-19H2,2-5H3,(H,37,38,39);6-8,11-13,19,21,24H,1,9-10,14-18H2,2-5H3,(H,36,37,38);7,12-14,20-21,24H,2,9-11,15-18H2,1,3-5H3,(H,36,37,38)/b2*8-7+;/t20?,22-,25+;21-,24+;20-,21?,24+/m000/s1. The number of hydrogen-bond donors (Lipinski definition) is 3. The van der Waals surface area contributed by atoms with Gasteiger partial charge in [0.05, 0.1) is 147 Å². The number of nitrogens with one attached hydrogen (secondary N) is 3. The molecule has 36 nitrogen and oxygen atoms in total. The van der Waals surface area contributed by atoms with E-state index in [-0.39, 0.29) is 220 Å². The summed E-state index contributed by atoms with van der Waals surface area (Å²) in [5.74, 6) is 6.98. The number of halogens is 6. The van der Waals surface area contributed by atoms with Crippen LogP contribution in [0.5, 0.6) is 34.5 Å². The van der Waals surface area contributed by atoms with Gasteiger partial charge in [-0.3, -0.25) is 61.8 Å². The number of anilines is 3. The molecule has 6 aliphatic rings. The molecule has 8 atom stereocenters. The molecule has 0 saturated carbocycles. The van der Waals surface area contributed by atoms with Gasteiger partial charge in [-0.1, -0.05) is 107 Å². The van der Waals surface area contributed by atoms with E-state index in [2.05, 4.69) is 67.4 Å². The SMILES string of the molecule is C=CC(=O)C[C@H]1COC[C@H]1Nc1ncc2cc(-c3c(Cl)c(OC)cc(OC)c3Cl)c(=O)n(CC3CCN(C(=O)/C=C/CN(C)C)C3)c2n1.C=CC(=O)C[C@H]1COC[C@H]1Nc1ncc2cc(-c3c(Cl)c(OC)cc(OC)c3Cl)c(=O)n(CC3CN(C(=O)/C=C/CN(C)C)C3)c2n1.C=CC(=O)C[C@H]1COC[C@H]1Nc1ncc2cc(-c3c(Cl)c(OC)cc(OC)c3Cl)c(=O)n(CC3CN(C(=O)C#CC)CCN3C)c2n1. The second-order valence-corrected chi connectivity index (χ2v) is 37.9. The van der Waals surface area contributed by atoms with Crippen LogP contribution in [-0.4, -0.2) is 309 Å². The van der Waals surface area contributed by atoms with Gasteiger partial charge in [-0.15, -0.1) is 0 Å². The van der Waals surface area contributed by atoms with Gasteiger partial charge in [0.2, 0.25) is 29.7 Å². The van der Waals surface area contributed by atoms with Gasteiger partial charge in [-0.25, -0.2) is 15.0 Å². The van der Waals surface area contributed by atoms with Crippen molar-refractivity contribution in [2.75, 3.05) is 192 Å². The van der Waals surface area contributed by atoms with Gasteiger partial charge in [0.1, 0.15) is 51.4 Å². The van der Waals surface area contributed by atoms with E-state index in [9.17, 15) is 43.2 Å². The van der Waals surface area contributed by atoms with Crippen LogP contribution in [0.15, 0.2) is 132 Å². The van der Waals surface area contributed by atoms with Gasteiger partial charge in [-0.05, 0) is 96.8 Å². The van der Waals surface area contributed by atoms with Crippen molar-refractivity contribution < 1.29 is 71.4 Å². The Morgan fingerprint density at radius 3 is 1.11 bits per heavy atom. The van der Waals surface area contributed by atoms with Crippen molar-refractivity contribution in [3.05, 3.63) is 178 Å². The summed E-state index contributed by atoms with van der Waals surface area (Å²) in [6.45, 7) is 20.2. The number of rotatable bonds is 36. The highest BCUT2D eigenvalue weighted by Crippen LogP contribution is 2.49. The number of carbonyl (C=O) groups excluding carboxylic acids is 6. The maximum Gasteiger partial charge on any atom is 0.298 e. The van der Waals surface area contributed by atoms with Gasteiger partial charge >= 0.3 is 0 Å². The minimum atomic E-state index is -0.412. The number of piperazine rings is 1. The molecule has 0 radical (unpaired) electrons. The zero-order valence-corrected chi connectivity index (χ0v) is 85.5. The van der Waals surface area contributed by atoms with Gasteiger partial charge in [0, 0.05) is 209 Å². The maximum absolute atomic E-state index is 14.5. The maximum atomic E-state index is 14.5. The van der Waals surface area contributed by atoms with Crippen LogP contribution < -0.4 is 61.0 Å².